The van der Waals surface area contributed by atoms with E-state index < -0.39 is 12.1 Å². The lowest BCUT2D eigenvalue weighted by atomic mass is 10.2. The molecule has 1 amide bonds. The van der Waals surface area contributed by atoms with E-state index in [1.54, 1.807) is 13.8 Å². The van der Waals surface area contributed by atoms with Crippen molar-refractivity contribution in [2.24, 2.45) is 0 Å². The van der Waals surface area contributed by atoms with Gasteiger partial charge in [0.2, 0.25) is 0 Å². The molecule has 0 bridgehead atoms. The Morgan fingerprint density at radius 1 is 1.33 bits per heavy atom. The topological polar surface area (TPSA) is 75.6 Å². The molecule has 0 spiro atoms. The van der Waals surface area contributed by atoms with Crippen LogP contribution in [-0.4, -0.2) is 24.3 Å². The standard InChI is InChI=1S/C7H11NO4/c1-4(2)5(6(9)10)8-7(11)12-3/h1-3H3,(H,8,11)(H,9,10). The molecule has 0 aliphatic rings. The molecule has 12 heavy (non-hydrogen) atoms. The van der Waals surface area contributed by atoms with Crippen LogP contribution in [0.3, 0.4) is 0 Å². The number of nitrogens with one attached hydrogen (secondary N) is 1. The summed E-state index contributed by atoms with van der Waals surface area (Å²) in [5, 5.41) is 10.6. The minimum absolute atomic E-state index is 0.151. The second kappa shape index (κ2) is 4.38. The Hall–Kier alpha value is -1.52. The molecule has 0 fully saturated rings. The zero-order valence-electron chi connectivity index (χ0n) is 7.17. The second-order valence-corrected chi connectivity index (χ2v) is 2.30. The maximum atomic E-state index is 10.6. The highest BCUT2D eigenvalue weighted by atomic mass is 16.5. The number of rotatable bonds is 2. The van der Waals surface area contributed by atoms with Crippen LogP contribution in [0.4, 0.5) is 4.79 Å². The predicted molar refractivity (Wildman–Crippen MR) is 41.6 cm³/mol. The summed E-state index contributed by atoms with van der Waals surface area (Å²) in [5.74, 6) is -1.18. The highest BCUT2D eigenvalue weighted by molar-refractivity contribution is 5.91. The first-order valence-electron chi connectivity index (χ1n) is 3.24. The molecule has 2 N–H and O–H groups in total. The zero-order valence-corrected chi connectivity index (χ0v) is 7.17. The fourth-order valence-electron chi connectivity index (χ4n) is 0.545. The number of alkyl carbamates (subject to hydrolysis) is 1. The first-order chi connectivity index (χ1) is 5.49. The lowest BCUT2D eigenvalue weighted by molar-refractivity contribution is -0.133. The average molecular weight is 173 g/mol. The molecule has 0 radical (unpaired) electrons. The molecular weight excluding hydrogens is 162 g/mol. The van der Waals surface area contributed by atoms with E-state index in [0.29, 0.717) is 5.57 Å². The number of carbonyl (C=O) groups is 2. The summed E-state index contributed by atoms with van der Waals surface area (Å²) in [4.78, 5) is 21.1. The van der Waals surface area contributed by atoms with Gasteiger partial charge in [-0.25, -0.2) is 9.59 Å². The van der Waals surface area contributed by atoms with E-state index >= 15 is 0 Å². The van der Waals surface area contributed by atoms with Crippen LogP contribution in [0.5, 0.6) is 0 Å². The van der Waals surface area contributed by atoms with Crippen LogP contribution in [0.1, 0.15) is 13.8 Å². The van der Waals surface area contributed by atoms with Crippen LogP contribution in [-0.2, 0) is 9.53 Å². The molecule has 68 valence electrons. The van der Waals surface area contributed by atoms with Crippen molar-refractivity contribution in [2.75, 3.05) is 7.11 Å². The molecule has 0 rings (SSSR count). The number of hydrogen-bond donors (Lipinski definition) is 2. The molecule has 0 aliphatic heterocycles. The summed E-state index contributed by atoms with van der Waals surface area (Å²) in [6, 6.07) is 0. The number of methoxy groups -OCH3 is 1. The maximum Gasteiger partial charge on any atom is 0.411 e. The SMILES string of the molecule is COC(=O)NC(C(=O)O)=C(C)C. The highest BCUT2D eigenvalue weighted by Gasteiger charge is 2.12. The van der Waals surface area contributed by atoms with Crippen molar-refractivity contribution in [2.45, 2.75) is 13.8 Å². The van der Waals surface area contributed by atoms with Crippen LogP contribution < -0.4 is 5.32 Å². The molecule has 0 aromatic heterocycles. The first kappa shape index (κ1) is 10.5. The first-order valence-corrected chi connectivity index (χ1v) is 3.24. The molecule has 5 heteroatoms. The third kappa shape index (κ3) is 3.05. The normalized spacial score (nSPS) is 8.58. The molecular formula is C7H11NO4. The second-order valence-electron chi connectivity index (χ2n) is 2.30. The Morgan fingerprint density at radius 2 is 1.83 bits per heavy atom. The molecule has 0 aromatic carbocycles. The summed E-state index contributed by atoms with van der Waals surface area (Å²) in [6.45, 7) is 3.17. The van der Waals surface area contributed by atoms with Gasteiger partial charge in [-0.15, -0.1) is 0 Å². The summed E-state index contributed by atoms with van der Waals surface area (Å²) in [6.07, 6.45) is -0.784. The van der Waals surface area contributed by atoms with Crippen LogP contribution in [0, 0.1) is 0 Å². The Bertz CT molecular complexity index is 228. The number of allylic oxidation sites excluding steroid dienone is 1. The quantitative estimate of drug-likeness (QED) is 0.603. The van der Waals surface area contributed by atoms with Crippen molar-refractivity contribution in [3.63, 3.8) is 0 Å². The predicted octanol–water partition coefficient (Wildman–Crippen LogP) is 0.721. The molecule has 5 nitrogen and oxygen atoms in total. The van der Waals surface area contributed by atoms with Crippen molar-refractivity contribution in [3.8, 4) is 0 Å². The lowest BCUT2D eigenvalue weighted by Crippen LogP contribution is -2.27. The van der Waals surface area contributed by atoms with Gasteiger partial charge in [-0.2, -0.15) is 0 Å². The van der Waals surface area contributed by atoms with Crippen LogP contribution in [0.2, 0.25) is 0 Å². The monoisotopic (exact) mass is 173 g/mol. The Morgan fingerprint density at radius 3 is 2.08 bits per heavy atom. The van der Waals surface area contributed by atoms with Crippen LogP contribution >= 0.6 is 0 Å². The minimum atomic E-state index is -1.18. The van der Waals surface area contributed by atoms with Crippen molar-refractivity contribution < 1.29 is 19.4 Å². The van der Waals surface area contributed by atoms with Gasteiger partial charge < -0.3 is 9.84 Å². The largest absolute Gasteiger partial charge is 0.477 e. The van der Waals surface area contributed by atoms with Gasteiger partial charge in [0, 0.05) is 0 Å². The van der Waals surface area contributed by atoms with Gasteiger partial charge in [-0.05, 0) is 19.4 Å². The number of carbonyl (C=O) groups excluding carboxylic acids is 1. The number of carboxylic acids is 1. The summed E-state index contributed by atoms with van der Waals surface area (Å²) < 4.78 is 4.23. The van der Waals surface area contributed by atoms with E-state index in [2.05, 4.69) is 10.1 Å². The fourth-order valence-corrected chi connectivity index (χ4v) is 0.545. The number of hydrogen-bond acceptors (Lipinski definition) is 3. The van der Waals surface area contributed by atoms with Gasteiger partial charge in [-0.1, -0.05) is 0 Å². The fraction of sp³-hybridized carbons (Fsp3) is 0.429. The molecule has 0 aromatic rings. The Labute approximate surface area is 70.0 Å². The van der Waals surface area contributed by atoms with E-state index in [4.69, 9.17) is 5.11 Å². The zero-order chi connectivity index (χ0) is 9.72. The van der Waals surface area contributed by atoms with Crippen LogP contribution in [0.15, 0.2) is 11.3 Å². The summed E-state index contributed by atoms with van der Waals surface area (Å²) in [5.41, 5.74) is 0.356. The van der Waals surface area contributed by atoms with E-state index in [1.807, 2.05) is 0 Å². The van der Waals surface area contributed by atoms with Crippen molar-refractivity contribution >= 4 is 12.1 Å². The number of carboxylic acid groups (broad SMARTS) is 1. The van der Waals surface area contributed by atoms with Gasteiger partial charge in [0.1, 0.15) is 5.70 Å². The average Bonchev–Trinajstić information content (AvgIpc) is 1.98. The Kier molecular flexibility index (Phi) is 3.82. The van der Waals surface area contributed by atoms with Gasteiger partial charge in [0.05, 0.1) is 7.11 Å². The van der Waals surface area contributed by atoms with Gasteiger partial charge in [-0.3, -0.25) is 5.32 Å². The molecule has 0 heterocycles. The summed E-state index contributed by atoms with van der Waals surface area (Å²) >= 11 is 0. The lowest BCUT2D eigenvalue weighted by Gasteiger charge is -2.05. The van der Waals surface area contributed by atoms with Crippen molar-refractivity contribution in [1.82, 2.24) is 5.32 Å². The van der Waals surface area contributed by atoms with E-state index in [9.17, 15) is 9.59 Å². The molecule has 0 unspecified atom stereocenters. The molecule has 0 saturated heterocycles. The van der Waals surface area contributed by atoms with Gasteiger partial charge >= 0.3 is 12.1 Å². The number of amides is 1. The minimum Gasteiger partial charge on any atom is -0.477 e. The smallest absolute Gasteiger partial charge is 0.411 e. The number of aliphatic carboxylic acids is 1. The van der Waals surface area contributed by atoms with Crippen molar-refractivity contribution in [1.29, 1.82) is 0 Å². The number of ether oxygens (including phenoxy) is 1. The van der Waals surface area contributed by atoms with E-state index in [-0.39, 0.29) is 5.70 Å². The molecule has 0 saturated carbocycles. The van der Waals surface area contributed by atoms with Gasteiger partial charge in [0.15, 0.2) is 0 Å². The van der Waals surface area contributed by atoms with Gasteiger partial charge in [0.25, 0.3) is 0 Å². The third-order valence-corrected chi connectivity index (χ3v) is 1.13. The highest BCUT2D eigenvalue weighted by Crippen LogP contribution is 1.99. The Balaban J connectivity index is 4.48. The van der Waals surface area contributed by atoms with Crippen molar-refractivity contribution in [3.05, 3.63) is 11.3 Å². The van der Waals surface area contributed by atoms with Crippen LogP contribution in [0.25, 0.3) is 0 Å². The maximum absolute atomic E-state index is 10.6. The van der Waals surface area contributed by atoms with E-state index in [1.165, 1.54) is 7.11 Å². The molecule has 0 aliphatic carbocycles. The summed E-state index contributed by atoms with van der Waals surface area (Å²) in [7, 11) is 1.17. The van der Waals surface area contributed by atoms with E-state index in [0.717, 1.165) is 0 Å². The third-order valence-electron chi connectivity index (χ3n) is 1.13. The molecule has 0 atom stereocenters.